The number of nitrogens with one attached hydrogen (secondary N) is 2. The van der Waals surface area contributed by atoms with Gasteiger partial charge in [-0.2, -0.15) is 5.06 Å². The lowest BCUT2D eigenvalue weighted by Crippen LogP contribution is -2.36. The highest BCUT2D eigenvalue weighted by Gasteiger charge is 2.19. The van der Waals surface area contributed by atoms with Gasteiger partial charge in [0.1, 0.15) is 23.0 Å². The molecule has 1 aliphatic rings. The molecular weight excluding hydrogens is 526 g/mol. The largest absolute Gasteiger partial charge is 0.457 e. The summed E-state index contributed by atoms with van der Waals surface area (Å²) in [7, 11) is 0. The average Bonchev–Trinajstić information content (AvgIpc) is 2.97. The first-order valence-corrected chi connectivity index (χ1v) is 13.2. The molecule has 6 N–H and O–H groups in total. The van der Waals surface area contributed by atoms with Crippen molar-refractivity contribution in [3.63, 3.8) is 0 Å². The normalized spacial score (nSPS) is 13.8. The second-order valence-electron chi connectivity index (χ2n) is 9.87. The number of nitrogens with zero attached hydrogens (tertiary/aromatic N) is 2. The third-order valence-electron chi connectivity index (χ3n) is 6.77. The van der Waals surface area contributed by atoms with Gasteiger partial charge in [-0.05, 0) is 79.9 Å². The molecule has 0 aliphatic heterocycles. The number of carbonyl (C=O) groups excluding carboxylic acids is 2. The minimum Gasteiger partial charge on any atom is -0.457 e. The minimum atomic E-state index is -0.676. The van der Waals surface area contributed by atoms with Crippen molar-refractivity contribution in [2.75, 3.05) is 0 Å². The van der Waals surface area contributed by atoms with Crippen LogP contribution in [0.25, 0.3) is 0 Å². The van der Waals surface area contributed by atoms with Crippen LogP contribution in [0.15, 0.2) is 65.8 Å². The van der Waals surface area contributed by atoms with Crippen LogP contribution in [0, 0.1) is 12.3 Å². The van der Waals surface area contributed by atoms with Crippen molar-refractivity contribution in [3.05, 3.63) is 82.9 Å². The van der Waals surface area contributed by atoms with Crippen LogP contribution in [0.4, 0.5) is 0 Å². The zero-order valence-corrected chi connectivity index (χ0v) is 22.9. The third kappa shape index (κ3) is 7.40. The predicted octanol–water partition coefficient (Wildman–Crippen LogP) is 5.30. The number of aryl methyl sites for hydroxylation is 1. The number of amidine groups is 2. The van der Waals surface area contributed by atoms with Gasteiger partial charge in [0.05, 0.1) is 0 Å². The van der Waals surface area contributed by atoms with Gasteiger partial charge < -0.3 is 25.7 Å². The lowest BCUT2D eigenvalue weighted by molar-refractivity contribution is -0.146. The zero-order valence-electron chi connectivity index (χ0n) is 22.9. The van der Waals surface area contributed by atoms with E-state index >= 15 is 0 Å². The first kappa shape index (κ1) is 29.1. The van der Waals surface area contributed by atoms with E-state index in [0.29, 0.717) is 45.3 Å². The van der Waals surface area contributed by atoms with Gasteiger partial charge in [-0.3, -0.25) is 20.2 Å². The first-order chi connectivity index (χ1) is 19.6. The van der Waals surface area contributed by atoms with Crippen LogP contribution >= 0.6 is 0 Å². The number of hydroxylamine groups is 2. The molecule has 1 aliphatic carbocycles. The van der Waals surface area contributed by atoms with Gasteiger partial charge in [-0.1, -0.05) is 24.4 Å². The molecule has 1 saturated carbocycles. The standard InChI is InChI=1S/C30H33N5O6/c1-18-14-24(12-13-27(18)29(32)35(39)19(2)36)41-26-16-21(30(37)33-22-6-4-3-5-7-22)15-25(17-26)40-23-10-8-20(9-11-23)28(31)34-38/h8-17,22,32,38-39H,3-7H2,1-2H3,(H2,31,34)(H,33,37). The van der Waals surface area contributed by atoms with E-state index in [2.05, 4.69) is 10.5 Å². The number of rotatable bonds is 8. The van der Waals surface area contributed by atoms with Crippen LogP contribution in [-0.4, -0.2) is 45.0 Å². The molecule has 11 nitrogen and oxygen atoms in total. The number of ether oxygens (including phenoxy) is 2. The monoisotopic (exact) mass is 559 g/mol. The number of hydrogen-bond acceptors (Lipinski definition) is 8. The van der Waals surface area contributed by atoms with Crippen LogP contribution in [0.2, 0.25) is 0 Å². The van der Waals surface area contributed by atoms with Gasteiger partial charge in [-0.25, -0.2) is 0 Å². The molecule has 0 heterocycles. The third-order valence-corrected chi connectivity index (χ3v) is 6.77. The Labute approximate surface area is 237 Å². The average molecular weight is 560 g/mol. The number of hydrogen-bond donors (Lipinski definition) is 5. The fourth-order valence-electron chi connectivity index (χ4n) is 4.60. The Morgan fingerprint density at radius 1 is 0.927 bits per heavy atom. The van der Waals surface area contributed by atoms with Crippen molar-refractivity contribution in [1.29, 1.82) is 5.41 Å². The summed E-state index contributed by atoms with van der Waals surface area (Å²) in [5, 5.41) is 33.2. The topological polar surface area (TPSA) is 171 Å². The van der Waals surface area contributed by atoms with Crippen LogP contribution in [0.5, 0.6) is 23.0 Å². The Hall–Kier alpha value is -4.90. The van der Waals surface area contributed by atoms with Crippen LogP contribution < -0.4 is 20.5 Å². The fraction of sp³-hybridized carbons (Fsp3) is 0.267. The molecule has 3 aromatic rings. The SMILES string of the molecule is CC(=O)N(O)C(=N)c1ccc(Oc2cc(Oc3ccc(C(N)=NO)cc3)cc(C(=O)NC3CCCCC3)c2)cc1C. The summed E-state index contributed by atoms with van der Waals surface area (Å²) in [5.41, 5.74) is 7.48. The first-order valence-electron chi connectivity index (χ1n) is 13.2. The molecule has 0 saturated heterocycles. The van der Waals surface area contributed by atoms with Gasteiger partial charge in [0.15, 0.2) is 11.7 Å². The van der Waals surface area contributed by atoms with Gasteiger partial charge >= 0.3 is 0 Å². The molecule has 0 spiro atoms. The smallest absolute Gasteiger partial charge is 0.251 e. The molecule has 11 heteroatoms. The summed E-state index contributed by atoms with van der Waals surface area (Å²) >= 11 is 0. The van der Waals surface area contributed by atoms with E-state index in [-0.39, 0.29) is 28.7 Å². The molecule has 4 rings (SSSR count). The maximum absolute atomic E-state index is 13.2. The van der Waals surface area contributed by atoms with Gasteiger partial charge in [0.2, 0.25) is 5.91 Å². The number of oxime groups is 1. The fourth-order valence-corrected chi connectivity index (χ4v) is 4.60. The Kier molecular flexibility index (Phi) is 9.20. The molecule has 0 aromatic heterocycles. The van der Waals surface area contributed by atoms with Crippen LogP contribution in [0.1, 0.15) is 66.1 Å². The maximum atomic E-state index is 13.2. The molecule has 3 aromatic carbocycles. The molecular formula is C30H33N5O6. The van der Waals surface area contributed by atoms with Crippen molar-refractivity contribution < 1.29 is 29.5 Å². The van der Waals surface area contributed by atoms with Crippen molar-refractivity contribution in [1.82, 2.24) is 10.4 Å². The molecule has 2 amide bonds. The summed E-state index contributed by atoms with van der Waals surface area (Å²) in [6.07, 6.45) is 5.21. The summed E-state index contributed by atoms with van der Waals surface area (Å²) in [5.74, 6) is 0.305. The van der Waals surface area contributed by atoms with E-state index in [1.54, 1.807) is 67.6 Å². The van der Waals surface area contributed by atoms with E-state index in [9.17, 15) is 14.8 Å². The predicted molar refractivity (Wildman–Crippen MR) is 152 cm³/mol. The lowest BCUT2D eigenvalue weighted by Gasteiger charge is -2.23. The number of nitrogens with two attached hydrogens (primary N) is 1. The second-order valence-corrected chi connectivity index (χ2v) is 9.87. The highest BCUT2D eigenvalue weighted by molar-refractivity contribution is 6.05. The van der Waals surface area contributed by atoms with E-state index in [0.717, 1.165) is 32.6 Å². The minimum absolute atomic E-state index is 0.0296. The molecule has 214 valence electrons. The number of carbonyl (C=O) groups is 2. The second kappa shape index (κ2) is 13.0. The lowest BCUT2D eigenvalue weighted by atomic mass is 9.95. The number of benzene rings is 3. The molecule has 0 bridgehead atoms. The summed E-state index contributed by atoms with van der Waals surface area (Å²) in [6.45, 7) is 2.89. The van der Waals surface area contributed by atoms with Crippen molar-refractivity contribution in [2.24, 2.45) is 10.9 Å². The Morgan fingerprint density at radius 2 is 1.54 bits per heavy atom. The Balaban J connectivity index is 1.61. The summed E-state index contributed by atoms with van der Waals surface area (Å²) in [4.78, 5) is 24.7. The molecule has 0 radical (unpaired) electrons. The molecule has 0 unspecified atom stereocenters. The molecule has 41 heavy (non-hydrogen) atoms. The summed E-state index contributed by atoms with van der Waals surface area (Å²) < 4.78 is 12.1. The highest BCUT2D eigenvalue weighted by Crippen LogP contribution is 2.32. The quantitative estimate of drug-likeness (QED) is 0.0819. The van der Waals surface area contributed by atoms with E-state index in [1.165, 1.54) is 6.42 Å². The van der Waals surface area contributed by atoms with Crippen LogP contribution in [-0.2, 0) is 4.79 Å². The van der Waals surface area contributed by atoms with Crippen molar-refractivity contribution >= 4 is 23.5 Å². The van der Waals surface area contributed by atoms with Crippen molar-refractivity contribution in [3.8, 4) is 23.0 Å². The Bertz CT molecular complexity index is 1460. The number of amides is 2. The zero-order chi connectivity index (χ0) is 29.5. The molecule has 1 fully saturated rings. The summed E-state index contributed by atoms with van der Waals surface area (Å²) in [6, 6.07) is 16.5. The van der Waals surface area contributed by atoms with E-state index in [1.807, 2.05) is 0 Å². The maximum Gasteiger partial charge on any atom is 0.251 e. The van der Waals surface area contributed by atoms with Crippen molar-refractivity contribution in [2.45, 2.75) is 52.0 Å². The van der Waals surface area contributed by atoms with Crippen LogP contribution in [0.3, 0.4) is 0 Å². The van der Waals surface area contributed by atoms with Gasteiger partial charge in [0, 0.05) is 35.7 Å². The van der Waals surface area contributed by atoms with E-state index in [4.69, 9.17) is 25.8 Å². The van der Waals surface area contributed by atoms with Gasteiger partial charge in [0.25, 0.3) is 5.91 Å². The van der Waals surface area contributed by atoms with E-state index < -0.39 is 5.91 Å². The molecule has 0 atom stereocenters. The Morgan fingerprint density at radius 3 is 2.12 bits per heavy atom. The highest BCUT2D eigenvalue weighted by atomic mass is 16.5. The van der Waals surface area contributed by atoms with Gasteiger partial charge in [-0.15, -0.1) is 0 Å².